The van der Waals surface area contributed by atoms with E-state index in [0.717, 1.165) is 24.2 Å². The predicted molar refractivity (Wildman–Crippen MR) is 125 cm³/mol. The largest absolute Gasteiger partial charge is 0.466 e. The van der Waals surface area contributed by atoms with Crippen LogP contribution < -0.4 is 0 Å². The highest BCUT2D eigenvalue weighted by Crippen LogP contribution is 2.71. The molecule has 0 radical (unpaired) electrons. The minimum Gasteiger partial charge on any atom is -0.466 e. The second-order valence-electron chi connectivity index (χ2n) is 11.6. The third kappa shape index (κ3) is 3.19. The van der Waals surface area contributed by atoms with Crippen molar-refractivity contribution in [2.24, 2.45) is 34.0 Å². The standard InChI is InChI=1S/C28H42O4/c1-5-27(13-7-8-24(29)30-6-2)15-12-23-21-10-9-20-18-28(31-19-32-28)17-16-25(20,3)22(21)11-14-26(23,27)4/h16-18,21-23H,5-15,19H2,1-4H3/t21-,22+,23+,25+,26+,27-/m1/s1. The molecule has 3 saturated carbocycles. The Kier molecular flexibility index (Phi) is 5.65. The molecule has 6 atom stereocenters. The minimum absolute atomic E-state index is 0.0250. The Bertz CT molecular complexity index is 810. The third-order valence-corrected chi connectivity index (χ3v) is 10.8. The zero-order chi connectivity index (χ0) is 22.6. The van der Waals surface area contributed by atoms with Gasteiger partial charge in [-0.05, 0) is 105 Å². The average molecular weight is 443 g/mol. The fourth-order valence-corrected chi connectivity index (χ4v) is 8.88. The van der Waals surface area contributed by atoms with Crippen molar-refractivity contribution in [2.75, 3.05) is 13.4 Å². The fourth-order valence-electron chi connectivity index (χ4n) is 8.88. The van der Waals surface area contributed by atoms with Gasteiger partial charge in [-0.15, -0.1) is 0 Å². The number of carbonyl (C=O) groups is 1. The Morgan fingerprint density at radius 2 is 1.88 bits per heavy atom. The van der Waals surface area contributed by atoms with Crippen molar-refractivity contribution in [2.45, 2.75) is 97.7 Å². The first kappa shape index (κ1) is 22.7. The topological polar surface area (TPSA) is 44.8 Å². The first-order valence-corrected chi connectivity index (χ1v) is 13.2. The van der Waals surface area contributed by atoms with E-state index in [9.17, 15) is 4.79 Å². The third-order valence-electron chi connectivity index (χ3n) is 10.8. The maximum atomic E-state index is 11.9. The normalized spacial score (nSPS) is 43.6. The van der Waals surface area contributed by atoms with E-state index >= 15 is 0 Å². The van der Waals surface area contributed by atoms with Crippen LogP contribution in [0.1, 0.15) is 91.9 Å². The van der Waals surface area contributed by atoms with Crippen LogP contribution >= 0.6 is 0 Å². The minimum atomic E-state index is -0.561. The molecule has 178 valence electrons. The molecule has 4 nitrogen and oxygen atoms in total. The monoisotopic (exact) mass is 442 g/mol. The van der Waals surface area contributed by atoms with Crippen LogP contribution in [0.3, 0.4) is 0 Å². The number of hydrogen-bond donors (Lipinski definition) is 0. The molecule has 5 aliphatic rings. The van der Waals surface area contributed by atoms with E-state index in [1.165, 1.54) is 51.4 Å². The summed E-state index contributed by atoms with van der Waals surface area (Å²) in [7, 11) is 0. The molecular weight excluding hydrogens is 400 g/mol. The van der Waals surface area contributed by atoms with Crippen LogP contribution in [-0.4, -0.2) is 25.2 Å². The van der Waals surface area contributed by atoms with Crippen LogP contribution in [-0.2, 0) is 19.0 Å². The van der Waals surface area contributed by atoms with Gasteiger partial charge in [0.15, 0.2) is 6.79 Å². The van der Waals surface area contributed by atoms with Gasteiger partial charge in [-0.1, -0.05) is 32.4 Å². The van der Waals surface area contributed by atoms with Crippen molar-refractivity contribution in [3.05, 3.63) is 23.8 Å². The van der Waals surface area contributed by atoms with Gasteiger partial charge in [0.2, 0.25) is 5.79 Å². The van der Waals surface area contributed by atoms with Gasteiger partial charge < -0.3 is 14.2 Å². The number of hydrogen-bond acceptors (Lipinski definition) is 4. The van der Waals surface area contributed by atoms with Gasteiger partial charge in [-0.25, -0.2) is 0 Å². The van der Waals surface area contributed by atoms with E-state index in [1.807, 2.05) is 6.92 Å². The molecule has 0 aromatic heterocycles. The van der Waals surface area contributed by atoms with Gasteiger partial charge in [-0.2, -0.15) is 0 Å². The second-order valence-corrected chi connectivity index (χ2v) is 11.6. The van der Waals surface area contributed by atoms with Crippen molar-refractivity contribution in [3.63, 3.8) is 0 Å². The lowest BCUT2D eigenvalue weighted by molar-refractivity contribution is -0.348. The van der Waals surface area contributed by atoms with Gasteiger partial charge in [-0.3, -0.25) is 4.79 Å². The molecular formula is C28H42O4. The number of esters is 1. The molecule has 0 N–H and O–H groups in total. The lowest BCUT2D eigenvalue weighted by Gasteiger charge is -2.60. The van der Waals surface area contributed by atoms with Crippen molar-refractivity contribution < 1.29 is 19.0 Å². The molecule has 0 aromatic carbocycles. The lowest BCUT2D eigenvalue weighted by Crippen LogP contribution is -2.53. The van der Waals surface area contributed by atoms with Crippen molar-refractivity contribution >= 4 is 5.97 Å². The van der Waals surface area contributed by atoms with E-state index in [-0.39, 0.29) is 11.4 Å². The molecule has 1 spiro atoms. The van der Waals surface area contributed by atoms with E-state index in [4.69, 9.17) is 14.2 Å². The zero-order valence-corrected chi connectivity index (χ0v) is 20.6. The molecule has 4 aliphatic carbocycles. The van der Waals surface area contributed by atoms with Crippen LogP contribution in [0, 0.1) is 34.0 Å². The SMILES string of the molecule is CCOC(=O)CCC[C@]1(CC)CC[C@H]2[C@@H]3CCC4=CC5(C=C[C@]4(C)[C@H]3CC[C@@]21C)OCO5. The summed E-state index contributed by atoms with van der Waals surface area (Å²) in [4.78, 5) is 11.9. The quantitative estimate of drug-likeness (QED) is 0.345. The molecule has 0 amide bonds. The number of rotatable bonds is 6. The van der Waals surface area contributed by atoms with Gasteiger partial charge in [0.1, 0.15) is 0 Å². The molecule has 0 unspecified atom stereocenters. The summed E-state index contributed by atoms with van der Waals surface area (Å²) in [6.45, 7) is 10.3. The lowest BCUT2D eigenvalue weighted by atomic mass is 9.45. The average Bonchev–Trinajstić information content (AvgIpc) is 3.05. The summed E-state index contributed by atoms with van der Waals surface area (Å²) in [5, 5.41) is 0. The first-order valence-electron chi connectivity index (χ1n) is 13.2. The maximum absolute atomic E-state index is 11.9. The van der Waals surface area contributed by atoms with Gasteiger partial charge in [0.05, 0.1) is 6.61 Å². The number of allylic oxidation sites excluding steroid dienone is 2. The number of carbonyl (C=O) groups excluding carboxylic acids is 1. The Hall–Kier alpha value is -1.13. The van der Waals surface area contributed by atoms with Crippen molar-refractivity contribution in [1.29, 1.82) is 0 Å². The highest BCUT2D eigenvalue weighted by Gasteiger charge is 2.63. The Labute approximate surface area is 194 Å². The van der Waals surface area contributed by atoms with Crippen LogP contribution in [0.4, 0.5) is 0 Å². The van der Waals surface area contributed by atoms with Gasteiger partial charge in [0.25, 0.3) is 0 Å². The summed E-state index contributed by atoms with van der Waals surface area (Å²) >= 11 is 0. The zero-order valence-electron chi connectivity index (χ0n) is 20.6. The first-order chi connectivity index (χ1) is 15.3. The number of fused-ring (bicyclic) bond motifs is 5. The van der Waals surface area contributed by atoms with Crippen LogP contribution in [0.15, 0.2) is 23.8 Å². The highest BCUT2D eigenvalue weighted by atomic mass is 16.9. The molecule has 1 aliphatic heterocycles. The Morgan fingerprint density at radius 1 is 1.09 bits per heavy atom. The maximum Gasteiger partial charge on any atom is 0.305 e. The summed E-state index contributed by atoms with van der Waals surface area (Å²) < 4.78 is 16.7. The second kappa shape index (κ2) is 7.98. The number of ether oxygens (including phenoxy) is 3. The van der Waals surface area contributed by atoms with Crippen molar-refractivity contribution in [3.8, 4) is 0 Å². The molecule has 5 rings (SSSR count). The molecule has 0 bridgehead atoms. The molecule has 4 fully saturated rings. The molecule has 1 saturated heterocycles. The highest BCUT2D eigenvalue weighted by molar-refractivity contribution is 5.69. The fraction of sp³-hybridized carbons (Fsp3) is 0.821. The van der Waals surface area contributed by atoms with Crippen LogP contribution in [0.5, 0.6) is 0 Å². The van der Waals surface area contributed by atoms with E-state index in [0.29, 0.717) is 30.7 Å². The van der Waals surface area contributed by atoms with E-state index < -0.39 is 5.79 Å². The molecule has 4 heteroatoms. The van der Waals surface area contributed by atoms with Gasteiger partial charge in [0, 0.05) is 11.8 Å². The summed E-state index contributed by atoms with van der Waals surface area (Å²) in [5.41, 5.74) is 2.47. The molecule has 0 aromatic rings. The summed E-state index contributed by atoms with van der Waals surface area (Å²) in [6, 6.07) is 0. The van der Waals surface area contributed by atoms with E-state index in [1.54, 1.807) is 5.57 Å². The van der Waals surface area contributed by atoms with Crippen molar-refractivity contribution in [1.82, 2.24) is 0 Å². The Morgan fingerprint density at radius 3 is 2.56 bits per heavy atom. The summed E-state index contributed by atoms with van der Waals surface area (Å²) in [5.74, 6) is 1.75. The molecule has 1 heterocycles. The van der Waals surface area contributed by atoms with Crippen LogP contribution in [0.25, 0.3) is 0 Å². The van der Waals surface area contributed by atoms with Gasteiger partial charge >= 0.3 is 5.97 Å². The predicted octanol–water partition coefficient (Wildman–Crippen LogP) is 6.56. The Balaban J connectivity index is 1.34. The summed E-state index contributed by atoms with van der Waals surface area (Å²) in [6.07, 6.45) is 18.7. The van der Waals surface area contributed by atoms with Crippen LogP contribution in [0.2, 0.25) is 0 Å². The van der Waals surface area contributed by atoms with E-state index in [2.05, 4.69) is 39.0 Å². The smallest absolute Gasteiger partial charge is 0.305 e. The molecule has 32 heavy (non-hydrogen) atoms.